The SMILES string of the molecule is CCc1ccc(N2C[C@@H](C(=O)Nc3cccc(C(C)=O)c3)CC2=O)cc1. The molecule has 1 heterocycles. The third-order valence-electron chi connectivity index (χ3n) is 4.69. The molecule has 1 aliphatic heterocycles. The predicted molar refractivity (Wildman–Crippen MR) is 101 cm³/mol. The number of hydrogen-bond donors (Lipinski definition) is 1. The fourth-order valence-electron chi connectivity index (χ4n) is 3.10. The highest BCUT2D eigenvalue weighted by molar-refractivity contribution is 6.04. The molecule has 1 N–H and O–H groups in total. The Hall–Kier alpha value is -2.95. The maximum Gasteiger partial charge on any atom is 0.229 e. The molecule has 134 valence electrons. The number of carbonyl (C=O) groups excluding carboxylic acids is 3. The normalized spacial score (nSPS) is 16.6. The Labute approximate surface area is 153 Å². The van der Waals surface area contributed by atoms with Crippen LogP contribution in [0.2, 0.25) is 0 Å². The van der Waals surface area contributed by atoms with Crippen molar-refractivity contribution in [2.75, 3.05) is 16.8 Å². The molecule has 2 amide bonds. The van der Waals surface area contributed by atoms with Gasteiger partial charge in [-0.3, -0.25) is 14.4 Å². The molecule has 3 rings (SSSR count). The molecule has 5 heteroatoms. The summed E-state index contributed by atoms with van der Waals surface area (Å²) in [6.45, 7) is 3.93. The summed E-state index contributed by atoms with van der Waals surface area (Å²) in [5.41, 5.74) is 3.14. The van der Waals surface area contributed by atoms with Gasteiger partial charge in [0, 0.05) is 29.9 Å². The van der Waals surface area contributed by atoms with E-state index in [0.717, 1.165) is 12.1 Å². The van der Waals surface area contributed by atoms with Crippen LogP contribution in [0.4, 0.5) is 11.4 Å². The van der Waals surface area contributed by atoms with E-state index < -0.39 is 5.92 Å². The number of anilines is 2. The molecule has 0 aromatic heterocycles. The number of nitrogens with one attached hydrogen (secondary N) is 1. The fourth-order valence-corrected chi connectivity index (χ4v) is 3.10. The number of Topliss-reactive ketones (excluding diaryl/α,β-unsaturated/α-hetero) is 1. The van der Waals surface area contributed by atoms with Crippen LogP contribution in [-0.4, -0.2) is 24.1 Å². The molecule has 1 fully saturated rings. The highest BCUT2D eigenvalue weighted by Crippen LogP contribution is 2.26. The van der Waals surface area contributed by atoms with Gasteiger partial charge in [0.2, 0.25) is 11.8 Å². The second-order valence-corrected chi connectivity index (χ2v) is 6.55. The van der Waals surface area contributed by atoms with Crippen molar-refractivity contribution in [2.45, 2.75) is 26.7 Å². The molecule has 0 saturated carbocycles. The molecular formula is C21H22N2O3. The Morgan fingerprint density at radius 1 is 1.15 bits per heavy atom. The first-order valence-corrected chi connectivity index (χ1v) is 8.79. The van der Waals surface area contributed by atoms with E-state index in [1.807, 2.05) is 24.3 Å². The summed E-state index contributed by atoms with van der Waals surface area (Å²) < 4.78 is 0. The summed E-state index contributed by atoms with van der Waals surface area (Å²) in [5, 5.41) is 2.82. The van der Waals surface area contributed by atoms with Crippen molar-refractivity contribution in [2.24, 2.45) is 5.92 Å². The van der Waals surface area contributed by atoms with Gasteiger partial charge in [-0.15, -0.1) is 0 Å². The number of carbonyl (C=O) groups is 3. The Kier molecular flexibility index (Phi) is 5.16. The van der Waals surface area contributed by atoms with Crippen LogP contribution in [0.15, 0.2) is 48.5 Å². The molecule has 0 aliphatic carbocycles. The largest absolute Gasteiger partial charge is 0.326 e. The van der Waals surface area contributed by atoms with E-state index in [0.29, 0.717) is 17.8 Å². The van der Waals surface area contributed by atoms with Gasteiger partial charge in [0.05, 0.1) is 5.92 Å². The lowest BCUT2D eigenvalue weighted by molar-refractivity contribution is -0.122. The van der Waals surface area contributed by atoms with E-state index >= 15 is 0 Å². The standard InChI is InChI=1S/C21H22N2O3/c1-3-15-7-9-19(10-8-15)23-13-17(12-20(23)25)21(26)22-18-6-4-5-16(11-18)14(2)24/h4-11,17H,3,12-13H2,1-2H3,(H,22,26)/t17-/m0/s1. The van der Waals surface area contributed by atoms with E-state index in [4.69, 9.17) is 0 Å². The Morgan fingerprint density at radius 2 is 1.88 bits per heavy atom. The van der Waals surface area contributed by atoms with Crippen LogP contribution in [0.1, 0.15) is 36.2 Å². The molecule has 0 radical (unpaired) electrons. The van der Waals surface area contributed by atoms with Crippen molar-refractivity contribution >= 4 is 29.0 Å². The minimum absolute atomic E-state index is 0.0492. The van der Waals surface area contributed by atoms with Crippen LogP contribution in [-0.2, 0) is 16.0 Å². The topological polar surface area (TPSA) is 66.5 Å². The van der Waals surface area contributed by atoms with E-state index in [1.54, 1.807) is 29.2 Å². The molecule has 0 spiro atoms. The van der Waals surface area contributed by atoms with Crippen molar-refractivity contribution in [1.29, 1.82) is 0 Å². The predicted octanol–water partition coefficient (Wildman–Crippen LogP) is 3.44. The molecule has 1 saturated heterocycles. The molecule has 1 aliphatic rings. The number of hydrogen-bond acceptors (Lipinski definition) is 3. The van der Waals surface area contributed by atoms with Crippen molar-refractivity contribution in [1.82, 2.24) is 0 Å². The Balaban J connectivity index is 1.68. The zero-order valence-corrected chi connectivity index (χ0v) is 15.0. The third kappa shape index (κ3) is 3.82. The minimum atomic E-state index is -0.408. The zero-order valence-electron chi connectivity index (χ0n) is 15.0. The van der Waals surface area contributed by atoms with Gasteiger partial charge in [0.15, 0.2) is 5.78 Å². The number of amides is 2. The summed E-state index contributed by atoms with van der Waals surface area (Å²) in [6, 6.07) is 14.7. The van der Waals surface area contributed by atoms with E-state index in [9.17, 15) is 14.4 Å². The van der Waals surface area contributed by atoms with Crippen molar-refractivity contribution in [3.63, 3.8) is 0 Å². The molecule has 0 unspecified atom stereocenters. The first-order valence-electron chi connectivity index (χ1n) is 8.79. The van der Waals surface area contributed by atoms with E-state index in [2.05, 4.69) is 12.2 Å². The lowest BCUT2D eigenvalue weighted by Crippen LogP contribution is -2.28. The summed E-state index contributed by atoms with van der Waals surface area (Å²) in [6.07, 6.45) is 1.13. The molecule has 5 nitrogen and oxygen atoms in total. The molecule has 1 atom stereocenters. The summed E-state index contributed by atoms with van der Waals surface area (Å²) in [5.74, 6) is -0.716. The van der Waals surface area contributed by atoms with Crippen LogP contribution < -0.4 is 10.2 Å². The maximum absolute atomic E-state index is 12.5. The smallest absolute Gasteiger partial charge is 0.229 e. The highest BCUT2D eigenvalue weighted by atomic mass is 16.2. The van der Waals surface area contributed by atoms with Gasteiger partial charge in [-0.2, -0.15) is 0 Å². The van der Waals surface area contributed by atoms with Crippen LogP contribution in [0.5, 0.6) is 0 Å². The molecule has 2 aromatic carbocycles. The maximum atomic E-state index is 12.5. The van der Waals surface area contributed by atoms with Crippen LogP contribution >= 0.6 is 0 Å². The summed E-state index contributed by atoms with van der Waals surface area (Å²) in [4.78, 5) is 38.0. The average molecular weight is 350 g/mol. The van der Waals surface area contributed by atoms with Crippen molar-refractivity contribution in [3.05, 3.63) is 59.7 Å². The highest BCUT2D eigenvalue weighted by Gasteiger charge is 2.35. The van der Waals surface area contributed by atoms with Crippen molar-refractivity contribution < 1.29 is 14.4 Å². The second kappa shape index (κ2) is 7.52. The quantitative estimate of drug-likeness (QED) is 0.840. The number of benzene rings is 2. The Bertz CT molecular complexity index is 843. The third-order valence-corrected chi connectivity index (χ3v) is 4.69. The fraction of sp³-hybridized carbons (Fsp3) is 0.286. The second-order valence-electron chi connectivity index (χ2n) is 6.55. The molecule has 26 heavy (non-hydrogen) atoms. The molecule has 2 aromatic rings. The first kappa shape index (κ1) is 17.9. The Morgan fingerprint density at radius 3 is 2.54 bits per heavy atom. The number of ketones is 1. The summed E-state index contributed by atoms with van der Waals surface area (Å²) in [7, 11) is 0. The van der Waals surface area contributed by atoms with Crippen LogP contribution in [0, 0.1) is 5.92 Å². The zero-order chi connectivity index (χ0) is 18.7. The van der Waals surface area contributed by atoms with Gasteiger partial charge in [-0.05, 0) is 43.2 Å². The number of aryl methyl sites for hydroxylation is 1. The van der Waals surface area contributed by atoms with Gasteiger partial charge in [0.1, 0.15) is 0 Å². The molecule has 0 bridgehead atoms. The van der Waals surface area contributed by atoms with Gasteiger partial charge >= 0.3 is 0 Å². The van der Waals surface area contributed by atoms with Crippen molar-refractivity contribution in [3.8, 4) is 0 Å². The number of nitrogens with zero attached hydrogens (tertiary/aromatic N) is 1. The lowest BCUT2D eigenvalue weighted by Gasteiger charge is -2.17. The van der Waals surface area contributed by atoms with Gasteiger partial charge in [-0.25, -0.2) is 0 Å². The first-order chi connectivity index (χ1) is 12.5. The van der Waals surface area contributed by atoms with Crippen LogP contribution in [0.25, 0.3) is 0 Å². The van der Waals surface area contributed by atoms with E-state index in [1.165, 1.54) is 12.5 Å². The summed E-state index contributed by atoms with van der Waals surface area (Å²) >= 11 is 0. The van der Waals surface area contributed by atoms with Crippen LogP contribution in [0.3, 0.4) is 0 Å². The van der Waals surface area contributed by atoms with Gasteiger partial charge in [-0.1, -0.05) is 31.2 Å². The van der Waals surface area contributed by atoms with E-state index in [-0.39, 0.29) is 24.0 Å². The van der Waals surface area contributed by atoms with Gasteiger partial charge in [0.25, 0.3) is 0 Å². The number of rotatable bonds is 5. The lowest BCUT2D eigenvalue weighted by atomic mass is 10.1. The monoisotopic (exact) mass is 350 g/mol. The minimum Gasteiger partial charge on any atom is -0.326 e. The average Bonchev–Trinajstić information content (AvgIpc) is 3.04. The van der Waals surface area contributed by atoms with Gasteiger partial charge < -0.3 is 10.2 Å². The molecular weight excluding hydrogens is 328 g/mol.